The van der Waals surface area contributed by atoms with Crippen molar-refractivity contribution in [3.05, 3.63) is 23.8 Å². The van der Waals surface area contributed by atoms with Gasteiger partial charge in [0.1, 0.15) is 11.5 Å². The number of halogens is 1. The van der Waals surface area contributed by atoms with Gasteiger partial charge in [-0.2, -0.15) is 0 Å². The van der Waals surface area contributed by atoms with Crippen LogP contribution in [0.2, 0.25) is 0 Å². The zero-order valence-electron chi connectivity index (χ0n) is 19.4. The largest absolute Gasteiger partial charge is 0.497 e. The minimum Gasteiger partial charge on any atom is -0.497 e. The fourth-order valence-electron chi connectivity index (χ4n) is 3.47. The monoisotopic (exact) mass is 550 g/mol. The summed E-state index contributed by atoms with van der Waals surface area (Å²) in [6, 6.07) is 5.96. The Morgan fingerprint density at radius 1 is 1.00 bits per heavy atom. The zero-order valence-corrected chi connectivity index (χ0v) is 21.7. The number of rotatable bonds is 12. The summed E-state index contributed by atoms with van der Waals surface area (Å²) in [5, 5.41) is 3.48. The molecule has 9 heteroatoms. The first kappa shape index (κ1) is 27.7. The number of benzene rings is 1. The van der Waals surface area contributed by atoms with Gasteiger partial charge >= 0.3 is 0 Å². The van der Waals surface area contributed by atoms with E-state index < -0.39 is 0 Å². The molecule has 0 amide bonds. The van der Waals surface area contributed by atoms with Crippen LogP contribution in [0.15, 0.2) is 23.2 Å². The molecule has 0 spiro atoms. The molecule has 1 aliphatic rings. The number of piperazine rings is 1. The average Bonchev–Trinajstić information content (AvgIpc) is 2.79. The predicted molar refractivity (Wildman–Crippen MR) is 135 cm³/mol. The third-order valence-electron chi connectivity index (χ3n) is 5.20. The Morgan fingerprint density at radius 3 is 2.42 bits per heavy atom. The molecule has 0 aromatic heterocycles. The smallest absolute Gasteiger partial charge is 0.193 e. The van der Waals surface area contributed by atoms with Gasteiger partial charge in [0, 0.05) is 65.6 Å². The molecule has 1 heterocycles. The second-order valence-corrected chi connectivity index (χ2v) is 7.23. The van der Waals surface area contributed by atoms with Gasteiger partial charge in [-0.15, -0.1) is 24.0 Å². The van der Waals surface area contributed by atoms with Crippen molar-refractivity contribution >= 4 is 29.9 Å². The van der Waals surface area contributed by atoms with Crippen molar-refractivity contribution in [1.82, 2.24) is 15.1 Å². The van der Waals surface area contributed by atoms with E-state index in [4.69, 9.17) is 18.9 Å². The Balaban J connectivity index is 0.00000480. The lowest BCUT2D eigenvalue weighted by molar-refractivity contribution is 0.0689. The van der Waals surface area contributed by atoms with Gasteiger partial charge in [-0.25, -0.2) is 0 Å². The van der Waals surface area contributed by atoms with Gasteiger partial charge in [0.25, 0.3) is 0 Å². The predicted octanol–water partition coefficient (Wildman–Crippen LogP) is 2.46. The fourth-order valence-corrected chi connectivity index (χ4v) is 3.47. The lowest BCUT2D eigenvalue weighted by Crippen LogP contribution is -2.52. The molecular formula is C22H39IN4O4. The van der Waals surface area contributed by atoms with E-state index in [0.717, 1.165) is 81.7 Å². The molecule has 1 aromatic carbocycles. The lowest BCUT2D eigenvalue weighted by Gasteiger charge is -2.36. The molecule has 0 radical (unpaired) electrons. The van der Waals surface area contributed by atoms with Crippen LogP contribution in [0.5, 0.6) is 11.5 Å². The van der Waals surface area contributed by atoms with E-state index in [1.54, 1.807) is 21.3 Å². The molecule has 8 nitrogen and oxygen atoms in total. The van der Waals surface area contributed by atoms with Crippen LogP contribution in [0.1, 0.15) is 18.4 Å². The maximum atomic E-state index is 5.52. The summed E-state index contributed by atoms with van der Waals surface area (Å²) in [7, 11) is 6.94. The third kappa shape index (κ3) is 9.80. The van der Waals surface area contributed by atoms with Crippen LogP contribution in [0.4, 0.5) is 0 Å². The van der Waals surface area contributed by atoms with Crippen molar-refractivity contribution in [2.24, 2.45) is 4.99 Å². The highest BCUT2D eigenvalue weighted by Crippen LogP contribution is 2.25. The van der Waals surface area contributed by atoms with E-state index in [1.807, 2.05) is 19.2 Å². The van der Waals surface area contributed by atoms with Gasteiger partial charge < -0.3 is 29.2 Å². The number of nitrogens with one attached hydrogen (secondary N) is 1. The maximum Gasteiger partial charge on any atom is 0.193 e. The van der Waals surface area contributed by atoms with Crippen LogP contribution in [0.3, 0.4) is 0 Å². The molecular weight excluding hydrogens is 511 g/mol. The van der Waals surface area contributed by atoms with E-state index in [2.05, 4.69) is 26.2 Å². The second kappa shape index (κ2) is 16.3. The molecule has 0 unspecified atom stereocenters. The first-order valence-corrected chi connectivity index (χ1v) is 10.7. The molecule has 1 aliphatic heterocycles. The lowest BCUT2D eigenvalue weighted by atomic mass is 10.1. The summed E-state index contributed by atoms with van der Waals surface area (Å²) < 4.78 is 21.4. The highest BCUT2D eigenvalue weighted by atomic mass is 127. The maximum absolute atomic E-state index is 5.52. The SMILES string of the molecule is CN=C(NCCCCOCCOC)N1CCN(Cc2cc(OC)ccc2OC)CC1.I. The molecule has 0 bridgehead atoms. The summed E-state index contributed by atoms with van der Waals surface area (Å²) in [5.74, 6) is 2.74. The number of ether oxygens (including phenoxy) is 4. The Hall–Kier alpha value is -1.30. The number of nitrogens with zero attached hydrogens (tertiary/aromatic N) is 3. The van der Waals surface area contributed by atoms with Gasteiger partial charge in [-0.3, -0.25) is 9.89 Å². The van der Waals surface area contributed by atoms with Crippen molar-refractivity contribution in [2.75, 3.05) is 80.9 Å². The van der Waals surface area contributed by atoms with E-state index in [-0.39, 0.29) is 24.0 Å². The first-order chi connectivity index (χ1) is 14.7. The quantitative estimate of drug-likeness (QED) is 0.186. The van der Waals surface area contributed by atoms with Crippen LogP contribution in [0, 0.1) is 0 Å². The number of aliphatic imine (C=N–C) groups is 1. The van der Waals surface area contributed by atoms with E-state index in [0.29, 0.717) is 13.2 Å². The third-order valence-corrected chi connectivity index (χ3v) is 5.20. The second-order valence-electron chi connectivity index (χ2n) is 7.23. The molecule has 2 rings (SSSR count). The van der Waals surface area contributed by atoms with Crippen molar-refractivity contribution in [3.8, 4) is 11.5 Å². The number of hydrogen-bond donors (Lipinski definition) is 1. The Kier molecular flexibility index (Phi) is 14.6. The summed E-state index contributed by atoms with van der Waals surface area (Å²) in [6.07, 6.45) is 2.09. The Morgan fingerprint density at radius 2 is 1.77 bits per heavy atom. The normalized spacial score (nSPS) is 14.8. The molecule has 31 heavy (non-hydrogen) atoms. The highest BCUT2D eigenvalue weighted by molar-refractivity contribution is 14.0. The first-order valence-electron chi connectivity index (χ1n) is 10.7. The van der Waals surface area contributed by atoms with Gasteiger partial charge in [0.05, 0.1) is 27.4 Å². The molecule has 1 fully saturated rings. The zero-order chi connectivity index (χ0) is 21.6. The van der Waals surface area contributed by atoms with Crippen molar-refractivity contribution < 1.29 is 18.9 Å². The van der Waals surface area contributed by atoms with Crippen LogP contribution in [-0.4, -0.2) is 96.7 Å². The fraction of sp³-hybridized carbons (Fsp3) is 0.682. The highest BCUT2D eigenvalue weighted by Gasteiger charge is 2.20. The summed E-state index contributed by atoms with van der Waals surface area (Å²) in [5.41, 5.74) is 1.15. The minimum atomic E-state index is 0. The summed E-state index contributed by atoms with van der Waals surface area (Å²) in [4.78, 5) is 9.23. The van der Waals surface area contributed by atoms with Gasteiger partial charge in [0.15, 0.2) is 5.96 Å². The van der Waals surface area contributed by atoms with Crippen LogP contribution in [0.25, 0.3) is 0 Å². The average molecular weight is 550 g/mol. The molecule has 178 valence electrons. The molecule has 0 aliphatic carbocycles. The van der Waals surface area contributed by atoms with Gasteiger partial charge in [-0.1, -0.05) is 0 Å². The Labute approximate surface area is 204 Å². The molecule has 1 aromatic rings. The van der Waals surface area contributed by atoms with Crippen LogP contribution >= 0.6 is 24.0 Å². The van der Waals surface area contributed by atoms with Gasteiger partial charge in [-0.05, 0) is 31.0 Å². The number of methoxy groups -OCH3 is 3. The number of unbranched alkanes of at least 4 members (excludes halogenated alkanes) is 1. The van der Waals surface area contributed by atoms with Crippen LogP contribution in [-0.2, 0) is 16.0 Å². The van der Waals surface area contributed by atoms with E-state index in [9.17, 15) is 0 Å². The Bertz CT molecular complexity index is 640. The molecule has 1 saturated heterocycles. The molecule has 0 saturated carbocycles. The number of hydrogen-bond acceptors (Lipinski definition) is 6. The van der Waals surface area contributed by atoms with E-state index in [1.165, 1.54) is 0 Å². The molecule has 0 atom stereocenters. The minimum absolute atomic E-state index is 0. The topological polar surface area (TPSA) is 67.8 Å². The number of guanidine groups is 1. The van der Waals surface area contributed by atoms with E-state index >= 15 is 0 Å². The van der Waals surface area contributed by atoms with Crippen LogP contribution < -0.4 is 14.8 Å². The summed E-state index contributed by atoms with van der Waals surface area (Å²) >= 11 is 0. The van der Waals surface area contributed by atoms with Crippen molar-refractivity contribution in [2.45, 2.75) is 19.4 Å². The standard InChI is InChI=1S/C22H38N4O4.HI/c1-23-22(24-9-5-6-14-30-16-15-27-2)26-12-10-25(11-13-26)18-19-17-20(28-3)7-8-21(19)29-4;/h7-8,17H,5-6,9-16,18H2,1-4H3,(H,23,24);1H. The summed E-state index contributed by atoms with van der Waals surface area (Å²) in [6.45, 7) is 7.71. The van der Waals surface area contributed by atoms with Gasteiger partial charge in [0.2, 0.25) is 0 Å². The van der Waals surface area contributed by atoms with Crippen molar-refractivity contribution in [3.63, 3.8) is 0 Å². The van der Waals surface area contributed by atoms with Crippen molar-refractivity contribution in [1.29, 1.82) is 0 Å². The molecule has 1 N–H and O–H groups in total.